The number of benzene rings is 2. The molecule has 1 aromatic heterocycles. The number of carbonyl (C=O) groups excluding carboxylic acids is 1. The Morgan fingerprint density at radius 3 is 2.70 bits per heavy atom. The van der Waals surface area contributed by atoms with Crippen LogP contribution in [0.5, 0.6) is 5.75 Å². The monoisotopic (exact) mass is 365 g/mol. The average Bonchev–Trinajstić information content (AvgIpc) is 3.11. The van der Waals surface area contributed by atoms with E-state index < -0.39 is 10.8 Å². The summed E-state index contributed by atoms with van der Waals surface area (Å²) in [5.41, 5.74) is 3.60. The summed E-state index contributed by atoms with van der Waals surface area (Å²) in [5.74, 6) is 0.231. The van der Waals surface area contributed by atoms with Crippen molar-refractivity contribution < 1.29 is 18.9 Å². The SMILES string of the molecule is COc1ccc(/C=C/C=N\NC(=O)c2cc3cc([N+](=O)[O-])ccc3o2)cc1. The minimum atomic E-state index is -0.553. The summed E-state index contributed by atoms with van der Waals surface area (Å²) in [5, 5.41) is 15.1. The number of hydrazone groups is 1. The van der Waals surface area contributed by atoms with E-state index in [4.69, 9.17) is 9.15 Å². The maximum absolute atomic E-state index is 12.0. The van der Waals surface area contributed by atoms with Gasteiger partial charge in [0, 0.05) is 23.7 Å². The van der Waals surface area contributed by atoms with Crippen LogP contribution in [0.15, 0.2) is 64.1 Å². The van der Waals surface area contributed by atoms with E-state index in [1.54, 1.807) is 13.2 Å². The summed E-state index contributed by atoms with van der Waals surface area (Å²) in [6.07, 6.45) is 4.91. The van der Waals surface area contributed by atoms with Gasteiger partial charge < -0.3 is 9.15 Å². The minimum Gasteiger partial charge on any atom is -0.497 e. The minimum absolute atomic E-state index is 0.0155. The first-order chi connectivity index (χ1) is 13.1. The molecule has 1 heterocycles. The largest absolute Gasteiger partial charge is 0.497 e. The lowest BCUT2D eigenvalue weighted by Crippen LogP contribution is -2.16. The van der Waals surface area contributed by atoms with Crippen LogP contribution in [0.1, 0.15) is 16.1 Å². The molecule has 0 saturated carbocycles. The van der Waals surface area contributed by atoms with Crippen molar-refractivity contribution in [2.24, 2.45) is 5.10 Å². The second kappa shape index (κ2) is 7.96. The van der Waals surface area contributed by atoms with E-state index in [9.17, 15) is 14.9 Å². The highest BCUT2D eigenvalue weighted by molar-refractivity contribution is 5.96. The highest BCUT2D eigenvalue weighted by Crippen LogP contribution is 2.24. The molecule has 0 radical (unpaired) electrons. The van der Waals surface area contributed by atoms with E-state index in [-0.39, 0.29) is 11.4 Å². The van der Waals surface area contributed by atoms with Crippen LogP contribution in [0.2, 0.25) is 0 Å². The van der Waals surface area contributed by atoms with Gasteiger partial charge in [0.1, 0.15) is 11.3 Å². The Hall–Kier alpha value is -3.94. The number of nitro benzene ring substituents is 1. The molecule has 1 amide bonds. The predicted molar refractivity (Wildman–Crippen MR) is 101 cm³/mol. The van der Waals surface area contributed by atoms with Gasteiger partial charge in [0.25, 0.3) is 5.69 Å². The summed E-state index contributed by atoms with van der Waals surface area (Å²) >= 11 is 0. The van der Waals surface area contributed by atoms with Crippen LogP contribution in [0.3, 0.4) is 0 Å². The quantitative estimate of drug-likeness (QED) is 0.406. The number of hydrogen-bond acceptors (Lipinski definition) is 6. The fraction of sp³-hybridized carbons (Fsp3) is 0.0526. The van der Waals surface area contributed by atoms with E-state index in [1.165, 1.54) is 30.5 Å². The van der Waals surface area contributed by atoms with Crippen LogP contribution in [0.4, 0.5) is 5.69 Å². The third-order valence-corrected chi connectivity index (χ3v) is 3.67. The number of fused-ring (bicyclic) bond motifs is 1. The molecule has 0 fully saturated rings. The lowest BCUT2D eigenvalue weighted by atomic mass is 10.2. The molecule has 27 heavy (non-hydrogen) atoms. The van der Waals surface area contributed by atoms with Gasteiger partial charge >= 0.3 is 5.91 Å². The van der Waals surface area contributed by atoms with Crippen LogP contribution in [-0.4, -0.2) is 24.2 Å². The van der Waals surface area contributed by atoms with Crippen molar-refractivity contribution in [2.75, 3.05) is 7.11 Å². The number of nitro groups is 1. The molecule has 0 unspecified atom stereocenters. The smallest absolute Gasteiger partial charge is 0.307 e. The summed E-state index contributed by atoms with van der Waals surface area (Å²) in [7, 11) is 1.60. The van der Waals surface area contributed by atoms with Gasteiger partial charge in [-0.15, -0.1) is 0 Å². The first-order valence-corrected chi connectivity index (χ1v) is 7.89. The van der Waals surface area contributed by atoms with Gasteiger partial charge in [-0.3, -0.25) is 14.9 Å². The number of furan rings is 1. The molecule has 0 atom stereocenters. The molecule has 0 aliphatic heterocycles. The number of non-ortho nitro benzene ring substituents is 1. The lowest BCUT2D eigenvalue weighted by Gasteiger charge is -1.98. The van der Waals surface area contributed by atoms with Gasteiger partial charge in [0.05, 0.1) is 12.0 Å². The molecule has 0 aliphatic carbocycles. The zero-order chi connectivity index (χ0) is 19.2. The maximum atomic E-state index is 12.0. The second-order valence-electron chi connectivity index (χ2n) is 5.44. The number of nitrogens with one attached hydrogen (secondary N) is 1. The number of hydrogen-bond donors (Lipinski definition) is 1. The molecule has 8 heteroatoms. The Morgan fingerprint density at radius 1 is 1.22 bits per heavy atom. The molecule has 8 nitrogen and oxygen atoms in total. The Bertz CT molecular complexity index is 1040. The van der Waals surface area contributed by atoms with E-state index in [0.29, 0.717) is 11.0 Å². The highest BCUT2D eigenvalue weighted by Gasteiger charge is 2.14. The molecule has 136 valence electrons. The van der Waals surface area contributed by atoms with Gasteiger partial charge in [-0.2, -0.15) is 5.10 Å². The normalized spacial score (nSPS) is 11.3. The molecule has 0 bridgehead atoms. The number of rotatable bonds is 6. The van der Waals surface area contributed by atoms with E-state index in [0.717, 1.165) is 11.3 Å². The second-order valence-corrected chi connectivity index (χ2v) is 5.44. The van der Waals surface area contributed by atoms with Gasteiger partial charge in [-0.1, -0.05) is 18.2 Å². The van der Waals surface area contributed by atoms with Gasteiger partial charge in [0.2, 0.25) is 0 Å². The fourth-order valence-corrected chi connectivity index (χ4v) is 2.32. The summed E-state index contributed by atoms with van der Waals surface area (Å²) < 4.78 is 10.5. The zero-order valence-corrected chi connectivity index (χ0v) is 14.3. The van der Waals surface area contributed by atoms with Gasteiger partial charge in [-0.05, 0) is 35.9 Å². The lowest BCUT2D eigenvalue weighted by molar-refractivity contribution is -0.384. The molecule has 3 rings (SSSR count). The van der Waals surface area contributed by atoms with E-state index >= 15 is 0 Å². The van der Waals surface area contributed by atoms with Crippen LogP contribution >= 0.6 is 0 Å². The first-order valence-electron chi connectivity index (χ1n) is 7.89. The van der Waals surface area contributed by atoms with Crippen molar-refractivity contribution >= 4 is 34.9 Å². The van der Waals surface area contributed by atoms with Crippen LogP contribution in [0.25, 0.3) is 17.0 Å². The molecule has 0 saturated heterocycles. The van der Waals surface area contributed by atoms with Crippen molar-refractivity contribution in [1.29, 1.82) is 0 Å². The maximum Gasteiger partial charge on any atom is 0.307 e. The number of nitrogens with zero attached hydrogens (tertiary/aromatic N) is 2. The van der Waals surface area contributed by atoms with Crippen LogP contribution in [0, 0.1) is 10.1 Å². The van der Waals surface area contributed by atoms with E-state index in [1.807, 2.05) is 30.3 Å². The third-order valence-electron chi connectivity index (χ3n) is 3.67. The Kier molecular flexibility index (Phi) is 5.27. The number of carbonyl (C=O) groups is 1. The summed E-state index contributed by atoms with van der Waals surface area (Å²) in [6.45, 7) is 0. The molecule has 2 aromatic carbocycles. The van der Waals surface area contributed by atoms with Gasteiger partial charge in [-0.25, -0.2) is 5.43 Å². The molecule has 0 aliphatic rings. The van der Waals surface area contributed by atoms with Crippen molar-refractivity contribution in [3.63, 3.8) is 0 Å². The van der Waals surface area contributed by atoms with Crippen molar-refractivity contribution in [1.82, 2.24) is 5.43 Å². The standard InChI is InChI=1S/C19H15N3O5/c1-26-16-7-4-13(5-8-16)3-2-10-20-21-19(23)18-12-14-11-15(22(24)25)6-9-17(14)27-18/h2-12H,1H3,(H,21,23)/b3-2+,20-10-. The third kappa shape index (κ3) is 4.37. The molecule has 0 spiro atoms. The number of allylic oxidation sites excluding steroid dienone is 1. The summed E-state index contributed by atoms with van der Waals surface area (Å²) in [6, 6.07) is 13.0. The number of methoxy groups -OCH3 is 1. The Morgan fingerprint density at radius 2 is 2.00 bits per heavy atom. The average molecular weight is 365 g/mol. The van der Waals surface area contributed by atoms with Crippen molar-refractivity contribution in [3.8, 4) is 5.75 Å². The summed E-state index contributed by atoms with van der Waals surface area (Å²) in [4.78, 5) is 22.3. The van der Waals surface area contributed by atoms with Crippen molar-refractivity contribution in [2.45, 2.75) is 0 Å². The Labute approximate surface area is 153 Å². The zero-order valence-electron chi connectivity index (χ0n) is 14.3. The topological polar surface area (TPSA) is 107 Å². The fourth-order valence-electron chi connectivity index (χ4n) is 2.32. The van der Waals surface area contributed by atoms with Gasteiger partial charge in [0.15, 0.2) is 5.76 Å². The number of amides is 1. The van der Waals surface area contributed by atoms with E-state index in [2.05, 4.69) is 10.5 Å². The Balaban J connectivity index is 1.61. The first kappa shape index (κ1) is 17.9. The molecular weight excluding hydrogens is 350 g/mol. The number of ether oxygens (including phenoxy) is 1. The molecular formula is C19H15N3O5. The predicted octanol–water partition coefficient (Wildman–Crippen LogP) is 3.78. The highest BCUT2D eigenvalue weighted by atomic mass is 16.6. The molecule has 3 aromatic rings. The van der Waals surface area contributed by atoms with Crippen molar-refractivity contribution in [3.05, 3.63) is 76.0 Å². The molecule has 1 N–H and O–H groups in total. The van der Waals surface area contributed by atoms with Crippen LogP contribution < -0.4 is 10.2 Å². The van der Waals surface area contributed by atoms with Crippen LogP contribution in [-0.2, 0) is 0 Å².